The lowest BCUT2D eigenvalue weighted by molar-refractivity contribution is -0.121. The number of amides is 1. The van der Waals surface area contributed by atoms with E-state index in [0.717, 1.165) is 36.9 Å². The monoisotopic (exact) mass is 390 g/mol. The molecule has 0 spiro atoms. The fraction of sp³-hybridized carbons (Fsp3) is 0.316. The van der Waals surface area contributed by atoms with Gasteiger partial charge in [-0.15, -0.1) is 0 Å². The molecule has 1 aliphatic heterocycles. The number of piperidine rings is 1. The largest absolute Gasteiger partial charge is 0.323 e. The molecule has 3 nitrogen and oxygen atoms in total. The Morgan fingerprint density at radius 2 is 1.92 bits per heavy atom. The van der Waals surface area contributed by atoms with Gasteiger partial charge in [-0.1, -0.05) is 40.2 Å². The van der Waals surface area contributed by atoms with Crippen molar-refractivity contribution >= 4 is 27.5 Å². The van der Waals surface area contributed by atoms with Crippen LogP contribution in [0.5, 0.6) is 0 Å². The molecule has 0 saturated carbocycles. The molecule has 0 aromatic heterocycles. The molecule has 0 unspecified atom stereocenters. The Morgan fingerprint density at radius 1 is 1.17 bits per heavy atom. The zero-order chi connectivity index (χ0) is 16.9. The van der Waals surface area contributed by atoms with Gasteiger partial charge in [0.1, 0.15) is 5.82 Å². The van der Waals surface area contributed by atoms with Gasteiger partial charge in [0.25, 0.3) is 0 Å². The van der Waals surface area contributed by atoms with Crippen LogP contribution >= 0.6 is 15.9 Å². The molecule has 5 heteroatoms. The highest BCUT2D eigenvalue weighted by Crippen LogP contribution is 2.22. The van der Waals surface area contributed by atoms with Gasteiger partial charge in [-0.3, -0.25) is 9.69 Å². The molecule has 126 valence electrons. The standard InChI is InChI=1S/C19H20BrFN2O/c20-16-5-3-4-14(12-16)13-23-10-8-15(9-11-23)19(24)22-18-7-2-1-6-17(18)21/h1-7,12,15H,8-11,13H2,(H,22,24). The third kappa shape index (κ3) is 4.42. The van der Waals surface area contributed by atoms with E-state index in [4.69, 9.17) is 0 Å². The van der Waals surface area contributed by atoms with Crippen molar-refractivity contribution in [3.8, 4) is 0 Å². The van der Waals surface area contributed by atoms with Crippen LogP contribution in [0.3, 0.4) is 0 Å². The van der Waals surface area contributed by atoms with Crippen molar-refractivity contribution in [1.29, 1.82) is 0 Å². The lowest BCUT2D eigenvalue weighted by Crippen LogP contribution is -2.37. The fourth-order valence-electron chi connectivity index (χ4n) is 3.04. The Balaban J connectivity index is 1.51. The van der Waals surface area contributed by atoms with Gasteiger partial charge < -0.3 is 5.32 Å². The van der Waals surface area contributed by atoms with Gasteiger partial charge in [0, 0.05) is 16.9 Å². The summed E-state index contributed by atoms with van der Waals surface area (Å²) < 4.78 is 14.7. The summed E-state index contributed by atoms with van der Waals surface area (Å²) >= 11 is 3.49. The lowest BCUT2D eigenvalue weighted by atomic mass is 9.95. The van der Waals surface area contributed by atoms with E-state index in [1.165, 1.54) is 11.6 Å². The van der Waals surface area contributed by atoms with Crippen LogP contribution in [0.4, 0.5) is 10.1 Å². The molecule has 3 rings (SSSR count). The van der Waals surface area contributed by atoms with Gasteiger partial charge in [-0.25, -0.2) is 4.39 Å². The van der Waals surface area contributed by atoms with Crippen molar-refractivity contribution in [2.45, 2.75) is 19.4 Å². The van der Waals surface area contributed by atoms with Crippen molar-refractivity contribution in [3.63, 3.8) is 0 Å². The van der Waals surface area contributed by atoms with Crippen LogP contribution in [0.25, 0.3) is 0 Å². The zero-order valence-corrected chi connectivity index (χ0v) is 14.9. The number of hydrogen-bond donors (Lipinski definition) is 1. The van der Waals surface area contributed by atoms with Gasteiger partial charge in [0.05, 0.1) is 5.69 Å². The second kappa shape index (κ2) is 7.90. The van der Waals surface area contributed by atoms with Crippen molar-refractivity contribution in [3.05, 3.63) is 64.4 Å². The van der Waals surface area contributed by atoms with E-state index < -0.39 is 5.82 Å². The Labute approximate surface area is 150 Å². The first-order valence-electron chi connectivity index (χ1n) is 8.14. The van der Waals surface area contributed by atoms with Crippen LogP contribution in [0.2, 0.25) is 0 Å². The summed E-state index contributed by atoms with van der Waals surface area (Å²) in [6.07, 6.45) is 1.60. The van der Waals surface area contributed by atoms with Crippen molar-refractivity contribution < 1.29 is 9.18 Å². The average molecular weight is 391 g/mol. The van der Waals surface area contributed by atoms with E-state index in [-0.39, 0.29) is 17.5 Å². The highest BCUT2D eigenvalue weighted by molar-refractivity contribution is 9.10. The maximum atomic E-state index is 13.6. The molecule has 0 aliphatic carbocycles. The second-order valence-corrected chi connectivity index (χ2v) is 7.07. The predicted molar refractivity (Wildman–Crippen MR) is 97.2 cm³/mol. The number of hydrogen-bond acceptors (Lipinski definition) is 2. The fourth-order valence-corrected chi connectivity index (χ4v) is 3.49. The summed E-state index contributed by atoms with van der Waals surface area (Å²) in [7, 11) is 0. The quantitative estimate of drug-likeness (QED) is 0.836. The number of carbonyl (C=O) groups excluding carboxylic acids is 1. The van der Waals surface area contributed by atoms with E-state index in [1.807, 2.05) is 12.1 Å². The summed E-state index contributed by atoms with van der Waals surface area (Å²) in [5.41, 5.74) is 1.53. The first-order chi connectivity index (χ1) is 11.6. The minimum absolute atomic E-state index is 0.0524. The number of halogens is 2. The summed E-state index contributed by atoms with van der Waals surface area (Å²) in [4.78, 5) is 14.7. The first kappa shape index (κ1) is 17.1. The van der Waals surface area contributed by atoms with Crippen molar-refractivity contribution in [2.75, 3.05) is 18.4 Å². The highest BCUT2D eigenvalue weighted by atomic mass is 79.9. The van der Waals surface area contributed by atoms with E-state index >= 15 is 0 Å². The second-order valence-electron chi connectivity index (χ2n) is 6.15. The van der Waals surface area contributed by atoms with Gasteiger partial charge >= 0.3 is 0 Å². The maximum Gasteiger partial charge on any atom is 0.227 e. The van der Waals surface area contributed by atoms with Crippen LogP contribution in [0.15, 0.2) is 53.0 Å². The number of benzene rings is 2. The normalized spacial score (nSPS) is 16.1. The highest BCUT2D eigenvalue weighted by Gasteiger charge is 2.25. The zero-order valence-electron chi connectivity index (χ0n) is 13.3. The minimum Gasteiger partial charge on any atom is -0.323 e. The number of nitrogens with zero attached hydrogens (tertiary/aromatic N) is 1. The Hall–Kier alpha value is -1.72. The lowest BCUT2D eigenvalue weighted by Gasteiger charge is -2.31. The molecular weight excluding hydrogens is 371 g/mol. The third-order valence-electron chi connectivity index (χ3n) is 4.39. The first-order valence-corrected chi connectivity index (χ1v) is 8.93. The summed E-state index contributed by atoms with van der Waals surface area (Å²) in [6.45, 7) is 2.64. The molecule has 0 atom stereocenters. The van der Waals surface area contributed by atoms with Crippen molar-refractivity contribution in [2.24, 2.45) is 5.92 Å². The molecule has 1 fully saturated rings. The maximum absolute atomic E-state index is 13.6. The summed E-state index contributed by atoms with van der Waals surface area (Å²) in [5, 5.41) is 2.71. The average Bonchev–Trinajstić information content (AvgIpc) is 2.57. The molecule has 1 saturated heterocycles. The van der Waals surface area contributed by atoms with Gasteiger partial charge in [-0.2, -0.15) is 0 Å². The van der Waals surface area contributed by atoms with Gasteiger partial charge in [0.2, 0.25) is 5.91 Å². The Bertz CT molecular complexity index is 714. The Morgan fingerprint density at radius 3 is 2.62 bits per heavy atom. The molecular formula is C19H20BrFN2O. The topological polar surface area (TPSA) is 32.3 Å². The van der Waals surface area contributed by atoms with E-state index in [9.17, 15) is 9.18 Å². The third-order valence-corrected chi connectivity index (χ3v) is 4.88. The molecule has 1 heterocycles. The van der Waals surface area contributed by atoms with E-state index in [2.05, 4.69) is 38.3 Å². The van der Waals surface area contributed by atoms with Crippen LogP contribution < -0.4 is 5.32 Å². The van der Waals surface area contributed by atoms with E-state index in [0.29, 0.717) is 0 Å². The molecule has 1 amide bonds. The number of para-hydroxylation sites is 1. The van der Waals surface area contributed by atoms with Crippen LogP contribution in [-0.2, 0) is 11.3 Å². The SMILES string of the molecule is O=C(Nc1ccccc1F)C1CCN(Cc2cccc(Br)c2)CC1. The Kier molecular flexibility index (Phi) is 5.63. The number of rotatable bonds is 4. The molecule has 2 aromatic rings. The number of carbonyl (C=O) groups is 1. The number of likely N-dealkylation sites (tertiary alicyclic amines) is 1. The van der Waals surface area contributed by atoms with Crippen LogP contribution in [0, 0.1) is 11.7 Å². The predicted octanol–water partition coefficient (Wildman–Crippen LogP) is 4.44. The molecule has 1 N–H and O–H groups in total. The van der Waals surface area contributed by atoms with Crippen LogP contribution in [-0.4, -0.2) is 23.9 Å². The molecule has 1 aliphatic rings. The van der Waals surface area contributed by atoms with E-state index in [1.54, 1.807) is 18.2 Å². The molecule has 0 bridgehead atoms. The number of nitrogens with one attached hydrogen (secondary N) is 1. The summed E-state index contributed by atoms with van der Waals surface area (Å²) in [6, 6.07) is 14.6. The van der Waals surface area contributed by atoms with Crippen LogP contribution in [0.1, 0.15) is 18.4 Å². The van der Waals surface area contributed by atoms with Gasteiger partial charge in [-0.05, 0) is 55.8 Å². The molecule has 24 heavy (non-hydrogen) atoms. The minimum atomic E-state index is -0.391. The number of anilines is 1. The summed E-state index contributed by atoms with van der Waals surface area (Å²) in [5.74, 6) is -0.525. The molecule has 2 aromatic carbocycles. The van der Waals surface area contributed by atoms with Gasteiger partial charge in [0.15, 0.2) is 0 Å². The smallest absolute Gasteiger partial charge is 0.227 e. The molecule has 0 radical (unpaired) electrons. The van der Waals surface area contributed by atoms with Crippen molar-refractivity contribution in [1.82, 2.24) is 4.90 Å².